The largest absolute Gasteiger partial charge is 0.497 e. The second kappa shape index (κ2) is 7.11. The van der Waals surface area contributed by atoms with Crippen molar-refractivity contribution in [3.8, 4) is 11.5 Å². The third kappa shape index (κ3) is 3.97. The van der Waals surface area contributed by atoms with Gasteiger partial charge < -0.3 is 20.3 Å². The van der Waals surface area contributed by atoms with Crippen LogP contribution in [0.5, 0.6) is 11.5 Å². The molecule has 0 aliphatic carbocycles. The number of aliphatic hydroxyl groups is 1. The lowest BCUT2D eigenvalue weighted by atomic mass is 9.96. The molecule has 2 unspecified atom stereocenters. The molecule has 0 radical (unpaired) electrons. The predicted octanol–water partition coefficient (Wildman–Crippen LogP) is 2.31. The predicted molar refractivity (Wildman–Crippen MR) is 82.6 cm³/mol. The SMILES string of the molecule is COc1cc(OC)cc(C(O)C(N)Cc2ccccc2)c1. The van der Waals surface area contributed by atoms with Crippen LogP contribution in [-0.4, -0.2) is 25.4 Å². The molecule has 21 heavy (non-hydrogen) atoms. The van der Waals surface area contributed by atoms with Gasteiger partial charge in [-0.25, -0.2) is 0 Å². The average Bonchev–Trinajstić information content (AvgIpc) is 2.54. The standard InChI is InChI=1S/C17H21NO3/c1-20-14-9-13(10-15(11-14)21-2)17(19)16(18)8-12-6-4-3-5-7-12/h3-7,9-11,16-17,19H,8,18H2,1-2H3. The van der Waals surface area contributed by atoms with Gasteiger partial charge in [0.05, 0.1) is 20.3 Å². The van der Waals surface area contributed by atoms with Crippen molar-refractivity contribution in [1.29, 1.82) is 0 Å². The first-order valence-electron chi connectivity index (χ1n) is 6.84. The molecule has 2 rings (SSSR count). The highest BCUT2D eigenvalue weighted by Crippen LogP contribution is 2.28. The van der Waals surface area contributed by atoms with Gasteiger partial charge in [0.2, 0.25) is 0 Å². The third-order valence-electron chi connectivity index (χ3n) is 3.44. The van der Waals surface area contributed by atoms with E-state index in [2.05, 4.69) is 0 Å². The first kappa shape index (κ1) is 15.4. The molecule has 0 saturated heterocycles. The van der Waals surface area contributed by atoms with Crippen molar-refractivity contribution in [1.82, 2.24) is 0 Å². The molecule has 0 amide bonds. The zero-order chi connectivity index (χ0) is 15.2. The maximum absolute atomic E-state index is 10.5. The Morgan fingerprint density at radius 2 is 1.57 bits per heavy atom. The van der Waals surface area contributed by atoms with Gasteiger partial charge in [0.15, 0.2) is 0 Å². The number of hydrogen-bond acceptors (Lipinski definition) is 4. The van der Waals surface area contributed by atoms with Gasteiger partial charge >= 0.3 is 0 Å². The van der Waals surface area contributed by atoms with Crippen LogP contribution < -0.4 is 15.2 Å². The Balaban J connectivity index is 2.16. The van der Waals surface area contributed by atoms with Crippen LogP contribution in [0.1, 0.15) is 17.2 Å². The van der Waals surface area contributed by atoms with Gasteiger partial charge in [-0.1, -0.05) is 30.3 Å². The minimum absolute atomic E-state index is 0.399. The van der Waals surface area contributed by atoms with Gasteiger partial charge in [-0.3, -0.25) is 0 Å². The van der Waals surface area contributed by atoms with Crippen LogP contribution >= 0.6 is 0 Å². The fourth-order valence-electron chi connectivity index (χ4n) is 2.25. The molecule has 0 bridgehead atoms. The number of rotatable bonds is 6. The second-order valence-electron chi connectivity index (χ2n) is 4.94. The molecule has 0 aromatic heterocycles. The van der Waals surface area contributed by atoms with Gasteiger partial charge in [0.1, 0.15) is 11.5 Å². The van der Waals surface area contributed by atoms with Crippen LogP contribution in [0.2, 0.25) is 0 Å². The molecule has 2 aromatic rings. The van der Waals surface area contributed by atoms with Crippen LogP contribution in [0.15, 0.2) is 48.5 Å². The Bertz CT molecular complexity index is 549. The van der Waals surface area contributed by atoms with Crippen molar-refractivity contribution in [2.45, 2.75) is 18.6 Å². The summed E-state index contributed by atoms with van der Waals surface area (Å²) in [7, 11) is 3.16. The Kier molecular flexibility index (Phi) is 5.20. The Hall–Kier alpha value is -2.04. The van der Waals surface area contributed by atoms with Crippen molar-refractivity contribution in [3.63, 3.8) is 0 Å². The molecule has 2 aromatic carbocycles. The molecule has 4 heteroatoms. The van der Waals surface area contributed by atoms with Gasteiger partial charge in [-0.2, -0.15) is 0 Å². The smallest absolute Gasteiger partial charge is 0.122 e. The Morgan fingerprint density at radius 1 is 1.00 bits per heavy atom. The molecule has 3 N–H and O–H groups in total. The van der Waals surface area contributed by atoms with E-state index in [1.54, 1.807) is 32.4 Å². The lowest BCUT2D eigenvalue weighted by Crippen LogP contribution is -2.30. The van der Waals surface area contributed by atoms with E-state index in [1.165, 1.54) is 0 Å². The maximum atomic E-state index is 10.5. The van der Waals surface area contributed by atoms with Crippen molar-refractivity contribution in [3.05, 3.63) is 59.7 Å². The van der Waals surface area contributed by atoms with E-state index in [0.717, 1.165) is 5.56 Å². The topological polar surface area (TPSA) is 64.7 Å². The minimum Gasteiger partial charge on any atom is -0.497 e. The lowest BCUT2D eigenvalue weighted by Gasteiger charge is -2.20. The lowest BCUT2D eigenvalue weighted by molar-refractivity contribution is 0.145. The first-order valence-corrected chi connectivity index (χ1v) is 6.84. The highest BCUT2D eigenvalue weighted by molar-refractivity contribution is 5.40. The summed E-state index contributed by atoms with van der Waals surface area (Å²) in [4.78, 5) is 0. The van der Waals surface area contributed by atoms with Crippen molar-refractivity contribution in [2.75, 3.05) is 14.2 Å². The second-order valence-corrected chi connectivity index (χ2v) is 4.94. The summed E-state index contributed by atoms with van der Waals surface area (Å²) in [5.41, 5.74) is 7.92. The maximum Gasteiger partial charge on any atom is 0.122 e. The summed E-state index contributed by atoms with van der Waals surface area (Å²) in [5, 5.41) is 10.5. The third-order valence-corrected chi connectivity index (χ3v) is 3.44. The van der Waals surface area contributed by atoms with Gasteiger partial charge in [0.25, 0.3) is 0 Å². The van der Waals surface area contributed by atoms with Crippen molar-refractivity contribution in [2.24, 2.45) is 5.73 Å². The summed E-state index contributed by atoms with van der Waals surface area (Å²) < 4.78 is 10.4. The van der Waals surface area contributed by atoms with Crippen molar-refractivity contribution >= 4 is 0 Å². The fourth-order valence-corrected chi connectivity index (χ4v) is 2.25. The van der Waals surface area contributed by atoms with Crippen LogP contribution in [0.3, 0.4) is 0 Å². The van der Waals surface area contributed by atoms with Crippen LogP contribution in [0.25, 0.3) is 0 Å². The quantitative estimate of drug-likeness (QED) is 0.855. The molecule has 2 atom stereocenters. The van der Waals surface area contributed by atoms with Gasteiger partial charge in [-0.05, 0) is 29.7 Å². The number of methoxy groups -OCH3 is 2. The van der Waals surface area contributed by atoms with E-state index in [1.807, 2.05) is 30.3 Å². The summed E-state index contributed by atoms with van der Waals surface area (Å²) in [6.07, 6.45) is -0.184. The normalized spacial score (nSPS) is 13.5. The molecule has 4 nitrogen and oxygen atoms in total. The van der Waals surface area contributed by atoms with Gasteiger partial charge in [0, 0.05) is 12.1 Å². The molecule has 0 spiro atoms. The number of ether oxygens (including phenoxy) is 2. The Morgan fingerprint density at radius 3 is 2.10 bits per heavy atom. The summed E-state index contributed by atoms with van der Waals surface area (Å²) >= 11 is 0. The Labute approximate surface area is 125 Å². The van der Waals surface area contributed by atoms with E-state index in [4.69, 9.17) is 15.2 Å². The number of hydrogen-bond donors (Lipinski definition) is 2. The van der Waals surface area contributed by atoms with E-state index in [0.29, 0.717) is 23.5 Å². The van der Waals surface area contributed by atoms with Crippen LogP contribution in [0.4, 0.5) is 0 Å². The highest BCUT2D eigenvalue weighted by atomic mass is 16.5. The molecular weight excluding hydrogens is 266 g/mol. The summed E-state index contributed by atoms with van der Waals surface area (Å²) in [6.45, 7) is 0. The monoisotopic (exact) mass is 287 g/mol. The number of benzene rings is 2. The zero-order valence-corrected chi connectivity index (χ0v) is 12.3. The van der Waals surface area contributed by atoms with Crippen molar-refractivity contribution < 1.29 is 14.6 Å². The molecule has 0 saturated carbocycles. The van der Waals surface area contributed by atoms with Crippen LogP contribution in [-0.2, 0) is 6.42 Å². The molecule has 0 aliphatic rings. The number of nitrogens with two attached hydrogens (primary N) is 1. The molecular formula is C17H21NO3. The first-order chi connectivity index (χ1) is 10.1. The number of aliphatic hydroxyl groups excluding tert-OH is 1. The average molecular weight is 287 g/mol. The molecule has 112 valence electrons. The highest BCUT2D eigenvalue weighted by Gasteiger charge is 2.19. The molecule has 0 fully saturated rings. The minimum atomic E-state index is -0.783. The summed E-state index contributed by atoms with van der Waals surface area (Å²) in [6, 6.07) is 14.8. The van der Waals surface area contributed by atoms with E-state index in [9.17, 15) is 5.11 Å². The van der Waals surface area contributed by atoms with Crippen LogP contribution in [0, 0.1) is 0 Å². The summed E-state index contributed by atoms with van der Waals surface area (Å²) in [5.74, 6) is 1.27. The van der Waals surface area contributed by atoms with E-state index < -0.39 is 12.1 Å². The fraction of sp³-hybridized carbons (Fsp3) is 0.294. The zero-order valence-electron chi connectivity index (χ0n) is 12.3. The van der Waals surface area contributed by atoms with E-state index in [-0.39, 0.29) is 0 Å². The molecule has 0 heterocycles. The van der Waals surface area contributed by atoms with Gasteiger partial charge in [-0.15, -0.1) is 0 Å². The van der Waals surface area contributed by atoms with E-state index >= 15 is 0 Å². The molecule has 0 aliphatic heterocycles.